The van der Waals surface area contributed by atoms with Crippen LogP contribution in [0.4, 0.5) is 0 Å². The first-order valence-corrected chi connectivity index (χ1v) is 7.19. The summed E-state index contributed by atoms with van der Waals surface area (Å²) in [5.41, 5.74) is 1.22. The molecule has 20 heavy (non-hydrogen) atoms. The summed E-state index contributed by atoms with van der Waals surface area (Å²) < 4.78 is 12.1. The van der Waals surface area contributed by atoms with Crippen molar-refractivity contribution >= 4 is 12.6 Å². The molecular weight excluding hydrogens is 249 g/mol. The average molecular weight is 269 g/mol. The van der Waals surface area contributed by atoms with Gasteiger partial charge < -0.3 is 9.31 Å². The lowest BCUT2D eigenvalue weighted by atomic mass is 9.80. The maximum atomic E-state index is 6.03. The van der Waals surface area contributed by atoms with Crippen LogP contribution in [0.2, 0.25) is 0 Å². The lowest BCUT2D eigenvalue weighted by Gasteiger charge is -2.32. The van der Waals surface area contributed by atoms with E-state index in [1.807, 2.05) is 6.07 Å². The second kappa shape index (κ2) is 4.61. The summed E-state index contributed by atoms with van der Waals surface area (Å²) in [5.74, 6) is 7.03. The van der Waals surface area contributed by atoms with Gasteiger partial charge in [0.2, 0.25) is 0 Å². The van der Waals surface area contributed by atoms with Gasteiger partial charge in [0, 0.05) is 29.3 Å². The zero-order chi connectivity index (χ0) is 14.4. The Bertz CT molecular complexity index is 566. The molecule has 4 heteroatoms. The summed E-state index contributed by atoms with van der Waals surface area (Å²) in [6, 6.07) is 2.02. The van der Waals surface area contributed by atoms with Crippen LogP contribution in [-0.2, 0) is 9.31 Å². The van der Waals surface area contributed by atoms with E-state index in [-0.39, 0.29) is 18.3 Å². The molecule has 2 fully saturated rings. The summed E-state index contributed by atoms with van der Waals surface area (Å²) in [7, 11) is -0.366. The molecule has 0 N–H and O–H groups in total. The average Bonchev–Trinajstić information content (AvgIpc) is 3.15. The second-order valence-electron chi connectivity index (χ2n) is 6.64. The van der Waals surface area contributed by atoms with Crippen molar-refractivity contribution in [2.45, 2.75) is 51.7 Å². The van der Waals surface area contributed by atoms with Gasteiger partial charge in [-0.15, -0.1) is 0 Å². The summed E-state index contributed by atoms with van der Waals surface area (Å²) in [6.07, 6.45) is 6.06. The predicted molar refractivity (Wildman–Crippen MR) is 79.6 cm³/mol. The van der Waals surface area contributed by atoms with Gasteiger partial charge in [0.1, 0.15) is 0 Å². The normalized spacial score (nSPS) is 23.3. The third-order valence-electron chi connectivity index (χ3n) is 4.28. The maximum absolute atomic E-state index is 6.03. The number of rotatable bonds is 1. The summed E-state index contributed by atoms with van der Waals surface area (Å²) in [5, 5.41) is 0. The molecule has 0 aromatic carbocycles. The van der Waals surface area contributed by atoms with E-state index in [0.717, 1.165) is 11.0 Å². The van der Waals surface area contributed by atoms with Gasteiger partial charge in [0.15, 0.2) is 0 Å². The highest BCUT2D eigenvalue weighted by Crippen LogP contribution is 2.36. The molecule has 2 heterocycles. The quantitative estimate of drug-likeness (QED) is 0.578. The van der Waals surface area contributed by atoms with E-state index in [9.17, 15) is 0 Å². The van der Waals surface area contributed by atoms with Crippen LogP contribution in [0, 0.1) is 17.8 Å². The zero-order valence-corrected chi connectivity index (χ0v) is 12.6. The van der Waals surface area contributed by atoms with Crippen molar-refractivity contribution in [3.8, 4) is 11.8 Å². The van der Waals surface area contributed by atoms with Crippen LogP contribution < -0.4 is 5.46 Å². The standard InChI is InChI=1S/C16H20BNO2/c1-15(2)16(3,4)20-17(19-15)14-9-13(10-18-11-14)8-7-12-5-6-12/h9-12H,5-6H2,1-4H3. The van der Waals surface area contributed by atoms with Crippen LogP contribution in [0.25, 0.3) is 0 Å². The van der Waals surface area contributed by atoms with E-state index in [1.165, 1.54) is 12.8 Å². The highest BCUT2D eigenvalue weighted by atomic mass is 16.7. The first-order valence-electron chi connectivity index (χ1n) is 7.19. The topological polar surface area (TPSA) is 31.4 Å². The fraction of sp³-hybridized carbons (Fsp3) is 0.562. The lowest BCUT2D eigenvalue weighted by Crippen LogP contribution is -2.41. The summed E-state index contributed by atoms with van der Waals surface area (Å²) in [6.45, 7) is 8.21. The van der Waals surface area contributed by atoms with Crippen LogP contribution >= 0.6 is 0 Å². The van der Waals surface area contributed by atoms with Gasteiger partial charge in [-0.3, -0.25) is 4.98 Å². The van der Waals surface area contributed by atoms with Crippen molar-refractivity contribution in [2.75, 3.05) is 0 Å². The molecule has 0 amide bonds. The lowest BCUT2D eigenvalue weighted by molar-refractivity contribution is 0.00578. The number of nitrogens with zero attached hydrogens (tertiary/aromatic N) is 1. The molecule has 1 saturated heterocycles. The highest BCUT2D eigenvalue weighted by Gasteiger charge is 2.51. The smallest absolute Gasteiger partial charge is 0.399 e. The molecule has 0 bridgehead atoms. The molecule has 104 valence electrons. The molecular formula is C16H20BNO2. The van der Waals surface area contributed by atoms with Gasteiger partial charge in [-0.2, -0.15) is 0 Å². The Hall–Kier alpha value is -1.31. The Morgan fingerprint density at radius 3 is 2.40 bits per heavy atom. The van der Waals surface area contributed by atoms with Gasteiger partial charge in [-0.05, 0) is 46.6 Å². The molecule has 1 aromatic rings. The molecule has 1 aromatic heterocycles. The van der Waals surface area contributed by atoms with Gasteiger partial charge in [0.25, 0.3) is 0 Å². The van der Waals surface area contributed by atoms with Crippen LogP contribution in [-0.4, -0.2) is 23.3 Å². The van der Waals surface area contributed by atoms with Crippen molar-refractivity contribution in [1.82, 2.24) is 4.98 Å². The molecule has 0 unspecified atom stereocenters. The first kappa shape index (κ1) is 13.7. The predicted octanol–water partition coefficient (Wildman–Crippen LogP) is 2.14. The third-order valence-corrected chi connectivity index (χ3v) is 4.28. The Balaban J connectivity index is 1.81. The van der Waals surface area contributed by atoms with E-state index < -0.39 is 0 Å². The second-order valence-corrected chi connectivity index (χ2v) is 6.64. The van der Waals surface area contributed by atoms with E-state index in [1.54, 1.807) is 12.4 Å². The molecule has 1 aliphatic carbocycles. The van der Waals surface area contributed by atoms with Crippen LogP contribution in [0.1, 0.15) is 46.1 Å². The minimum absolute atomic E-state index is 0.326. The van der Waals surface area contributed by atoms with Crippen molar-refractivity contribution in [3.63, 3.8) is 0 Å². The van der Waals surface area contributed by atoms with Gasteiger partial charge in [-0.1, -0.05) is 11.8 Å². The minimum atomic E-state index is -0.366. The molecule has 1 aliphatic heterocycles. The van der Waals surface area contributed by atoms with Crippen LogP contribution in [0.3, 0.4) is 0 Å². The molecule has 0 radical (unpaired) electrons. The molecule has 0 spiro atoms. The fourth-order valence-corrected chi connectivity index (χ4v) is 2.05. The number of hydrogen-bond donors (Lipinski definition) is 0. The largest absolute Gasteiger partial charge is 0.496 e. The maximum Gasteiger partial charge on any atom is 0.496 e. The Morgan fingerprint density at radius 1 is 1.15 bits per heavy atom. The minimum Gasteiger partial charge on any atom is -0.399 e. The summed E-state index contributed by atoms with van der Waals surface area (Å²) >= 11 is 0. The zero-order valence-electron chi connectivity index (χ0n) is 12.6. The molecule has 3 nitrogen and oxygen atoms in total. The SMILES string of the molecule is CC1(C)OB(c2cncc(C#CC3CC3)c2)OC1(C)C. The summed E-state index contributed by atoms with van der Waals surface area (Å²) in [4.78, 5) is 4.26. The fourth-order valence-electron chi connectivity index (χ4n) is 2.05. The number of hydrogen-bond acceptors (Lipinski definition) is 3. The van der Waals surface area contributed by atoms with Crippen molar-refractivity contribution in [1.29, 1.82) is 0 Å². The van der Waals surface area contributed by atoms with Crippen LogP contribution in [0.15, 0.2) is 18.5 Å². The van der Waals surface area contributed by atoms with E-state index in [0.29, 0.717) is 5.92 Å². The highest BCUT2D eigenvalue weighted by molar-refractivity contribution is 6.62. The molecule has 3 rings (SSSR count). The molecule has 1 saturated carbocycles. The number of pyridine rings is 1. The first-order chi connectivity index (χ1) is 9.37. The Kier molecular flexibility index (Phi) is 3.15. The van der Waals surface area contributed by atoms with Gasteiger partial charge in [-0.25, -0.2) is 0 Å². The Labute approximate surface area is 121 Å². The van der Waals surface area contributed by atoms with Crippen LogP contribution in [0.5, 0.6) is 0 Å². The third kappa shape index (κ3) is 2.61. The van der Waals surface area contributed by atoms with Crippen molar-refractivity contribution < 1.29 is 9.31 Å². The monoisotopic (exact) mass is 269 g/mol. The van der Waals surface area contributed by atoms with E-state index >= 15 is 0 Å². The Morgan fingerprint density at radius 2 is 1.80 bits per heavy atom. The molecule has 2 aliphatic rings. The van der Waals surface area contributed by atoms with Gasteiger partial charge in [0.05, 0.1) is 11.2 Å². The van der Waals surface area contributed by atoms with E-state index in [2.05, 4.69) is 44.5 Å². The van der Waals surface area contributed by atoms with Gasteiger partial charge >= 0.3 is 7.12 Å². The molecule has 0 atom stereocenters. The number of aromatic nitrogens is 1. The van der Waals surface area contributed by atoms with Crippen molar-refractivity contribution in [3.05, 3.63) is 24.0 Å². The van der Waals surface area contributed by atoms with Crippen molar-refractivity contribution in [2.24, 2.45) is 5.92 Å². The van der Waals surface area contributed by atoms with E-state index in [4.69, 9.17) is 9.31 Å².